The number of nitrogens with one attached hydrogen (secondary N) is 1. The summed E-state index contributed by atoms with van der Waals surface area (Å²) in [6.45, 7) is 7.87. The van der Waals surface area contributed by atoms with Gasteiger partial charge >= 0.3 is 0 Å². The van der Waals surface area contributed by atoms with E-state index in [9.17, 15) is 0 Å². The molecule has 1 aliphatic carbocycles. The summed E-state index contributed by atoms with van der Waals surface area (Å²) in [6.07, 6.45) is 8.02. The molecule has 1 nitrogen and oxygen atoms in total. The maximum Gasteiger partial charge on any atom is 0.0409 e. The number of halogens is 1. The fourth-order valence-electron chi connectivity index (χ4n) is 3.71. The maximum absolute atomic E-state index is 6.25. The van der Waals surface area contributed by atoms with Gasteiger partial charge in [0.2, 0.25) is 0 Å². The van der Waals surface area contributed by atoms with Gasteiger partial charge in [-0.15, -0.1) is 0 Å². The first-order chi connectivity index (χ1) is 10.2. The van der Waals surface area contributed by atoms with Gasteiger partial charge in [-0.1, -0.05) is 50.8 Å². The Bertz CT molecular complexity index is 435. The summed E-state index contributed by atoms with van der Waals surface area (Å²) < 4.78 is 0. The van der Waals surface area contributed by atoms with Crippen LogP contribution in [0, 0.1) is 18.8 Å². The summed E-state index contributed by atoms with van der Waals surface area (Å²) >= 11 is 6.25. The van der Waals surface area contributed by atoms with Crippen LogP contribution in [0.4, 0.5) is 0 Å². The molecular weight excluding hydrogens is 278 g/mol. The average molecular weight is 308 g/mol. The van der Waals surface area contributed by atoms with Crippen LogP contribution in [0.15, 0.2) is 18.2 Å². The highest BCUT2D eigenvalue weighted by Crippen LogP contribution is 2.39. The Labute approximate surface area is 135 Å². The second-order valence-corrected chi connectivity index (χ2v) is 7.06. The zero-order valence-electron chi connectivity index (χ0n) is 13.8. The molecular formula is C19H30ClN. The smallest absolute Gasteiger partial charge is 0.0409 e. The van der Waals surface area contributed by atoms with E-state index in [1.54, 1.807) is 0 Å². The van der Waals surface area contributed by atoms with Crippen molar-refractivity contribution < 1.29 is 0 Å². The summed E-state index contributed by atoms with van der Waals surface area (Å²) in [5, 5.41) is 4.66. The van der Waals surface area contributed by atoms with Gasteiger partial charge in [0.05, 0.1) is 0 Å². The first kappa shape index (κ1) is 16.8. The molecule has 0 aromatic heterocycles. The Balaban J connectivity index is 2.16. The molecule has 2 rings (SSSR count). The second-order valence-electron chi connectivity index (χ2n) is 6.62. The lowest BCUT2D eigenvalue weighted by Gasteiger charge is -2.35. The summed E-state index contributed by atoms with van der Waals surface area (Å²) in [6, 6.07) is 6.82. The number of rotatable bonds is 6. The molecule has 1 aromatic rings. The number of hydrogen-bond donors (Lipinski definition) is 1. The van der Waals surface area contributed by atoms with Crippen LogP contribution in [0.2, 0.25) is 5.02 Å². The fourth-order valence-corrected chi connectivity index (χ4v) is 3.89. The minimum absolute atomic E-state index is 0.474. The molecule has 1 unspecified atom stereocenters. The largest absolute Gasteiger partial charge is 0.310 e. The Hall–Kier alpha value is -0.530. The van der Waals surface area contributed by atoms with E-state index in [4.69, 9.17) is 11.6 Å². The van der Waals surface area contributed by atoms with Crippen molar-refractivity contribution in [1.82, 2.24) is 5.32 Å². The molecule has 1 fully saturated rings. The minimum Gasteiger partial charge on any atom is -0.310 e. The zero-order valence-corrected chi connectivity index (χ0v) is 14.5. The lowest BCUT2D eigenvalue weighted by atomic mass is 9.75. The molecule has 0 bridgehead atoms. The van der Waals surface area contributed by atoms with Crippen LogP contribution in [0.3, 0.4) is 0 Å². The summed E-state index contributed by atoms with van der Waals surface area (Å²) in [4.78, 5) is 0. The second kappa shape index (κ2) is 8.19. The molecule has 1 saturated carbocycles. The highest BCUT2D eigenvalue weighted by molar-refractivity contribution is 6.30. The van der Waals surface area contributed by atoms with Gasteiger partial charge in [-0.05, 0) is 67.8 Å². The van der Waals surface area contributed by atoms with E-state index in [0.717, 1.165) is 23.4 Å². The van der Waals surface area contributed by atoms with Gasteiger partial charge in [0.25, 0.3) is 0 Å². The standard InChI is InChI=1S/C19H30ClN/c1-4-12-21-19(16-9-7-15(5-2)8-10-16)18-13-17(20)11-6-14(18)3/h6,11,13,15-16,19,21H,4-5,7-10,12H2,1-3H3. The van der Waals surface area contributed by atoms with E-state index in [0.29, 0.717) is 6.04 Å². The third kappa shape index (κ3) is 4.47. The van der Waals surface area contributed by atoms with Crippen molar-refractivity contribution in [3.05, 3.63) is 34.3 Å². The number of aryl methyl sites for hydroxylation is 1. The monoisotopic (exact) mass is 307 g/mol. The van der Waals surface area contributed by atoms with Crippen molar-refractivity contribution >= 4 is 11.6 Å². The van der Waals surface area contributed by atoms with Crippen LogP contribution in [0.5, 0.6) is 0 Å². The number of hydrogen-bond acceptors (Lipinski definition) is 1. The minimum atomic E-state index is 0.474. The third-order valence-electron chi connectivity index (χ3n) is 5.13. The molecule has 0 saturated heterocycles. The van der Waals surface area contributed by atoms with E-state index in [-0.39, 0.29) is 0 Å². The van der Waals surface area contributed by atoms with Gasteiger partial charge in [-0.2, -0.15) is 0 Å². The normalized spacial score (nSPS) is 24.0. The van der Waals surface area contributed by atoms with Gasteiger partial charge < -0.3 is 5.32 Å². The highest BCUT2D eigenvalue weighted by Gasteiger charge is 2.28. The SMILES string of the molecule is CCCNC(c1cc(Cl)ccc1C)C1CCC(CC)CC1. The van der Waals surface area contributed by atoms with Gasteiger partial charge in [-0.25, -0.2) is 0 Å². The van der Waals surface area contributed by atoms with Crippen molar-refractivity contribution in [3.8, 4) is 0 Å². The molecule has 0 amide bonds. The molecule has 1 atom stereocenters. The van der Waals surface area contributed by atoms with Crippen molar-refractivity contribution in [2.45, 2.75) is 65.3 Å². The van der Waals surface area contributed by atoms with E-state index >= 15 is 0 Å². The van der Waals surface area contributed by atoms with Crippen molar-refractivity contribution in [3.63, 3.8) is 0 Å². The molecule has 0 aliphatic heterocycles. The maximum atomic E-state index is 6.25. The Morgan fingerprint density at radius 3 is 2.52 bits per heavy atom. The fraction of sp³-hybridized carbons (Fsp3) is 0.684. The first-order valence-electron chi connectivity index (χ1n) is 8.65. The lowest BCUT2D eigenvalue weighted by molar-refractivity contribution is 0.218. The van der Waals surface area contributed by atoms with Crippen LogP contribution in [-0.2, 0) is 0 Å². The molecule has 1 N–H and O–H groups in total. The van der Waals surface area contributed by atoms with Crippen molar-refractivity contribution in [1.29, 1.82) is 0 Å². The molecule has 118 valence electrons. The van der Waals surface area contributed by atoms with Crippen LogP contribution in [0.25, 0.3) is 0 Å². The van der Waals surface area contributed by atoms with E-state index in [1.807, 2.05) is 6.07 Å². The van der Waals surface area contributed by atoms with Crippen LogP contribution >= 0.6 is 11.6 Å². The van der Waals surface area contributed by atoms with E-state index in [2.05, 4.69) is 38.2 Å². The van der Waals surface area contributed by atoms with Crippen LogP contribution in [0.1, 0.15) is 69.5 Å². The van der Waals surface area contributed by atoms with Crippen LogP contribution < -0.4 is 5.32 Å². The first-order valence-corrected chi connectivity index (χ1v) is 9.02. The Morgan fingerprint density at radius 1 is 1.19 bits per heavy atom. The van der Waals surface area contributed by atoms with Crippen molar-refractivity contribution in [2.75, 3.05) is 6.54 Å². The molecule has 1 aliphatic rings. The predicted molar refractivity (Wildman–Crippen MR) is 93.0 cm³/mol. The van der Waals surface area contributed by atoms with Gasteiger partial charge in [-0.3, -0.25) is 0 Å². The van der Waals surface area contributed by atoms with Gasteiger partial charge in [0, 0.05) is 11.1 Å². The summed E-state index contributed by atoms with van der Waals surface area (Å²) in [5.41, 5.74) is 2.78. The van der Waals surface area contributed by atoms with Gasteiger partial charge in [0.1, 0.15) is 0 Å². The molecule has 0 spiro atoms. The Morgan fingerprint density at radius 2 is 1.90 bits per heavy atom. The zero-order chi connectivity index (χ0) is 15.2. The molecule has 21 heavy (non-hydrogen) atoms. The summed E-state index contributed by atoms with van der Waals surface area (Å²) in [5.74, 6) is 1.71. The molecule has 1 aromatic carbocycles. The lowest BCUT2D eigenvalue weighted by Crippen LogP contribution is -2.32. The van der Waals surface area contributed by atoms with Gasteiger partial charge in [0.15, 0.2) is 0 Å². The third-order valence-corrected chi connectivity index (χ3v) is 5.37. The predicted octanol–water partition coefficient (Wildman–Crippen LogP) is 5.91. The highest BCUT2D eigenvalue weighted by atomic mass is 35.5. The molecule has 0 heterocycles. The van der Waals surface area contributed by atoms with E-state index in [1.165, 1.54) is 49.7 Å². The topological polar surface area (TPSA) is 12.0 Å². The summed E-state index contributed by atoms with van der Waals surface area (Å²) in [7, 11) is 0. The van der Waals surface area contributed by atoms with E-state index < -0.39 is 0 Å². The Kier molecular flexibility index (Phi) is 6.57. The van der Waals surface area contributed by atoms with Crippen molar-refractivity contribution in [2.24, 2.45) is 11.8 Å². The number of benzene rings is 1. The average Bonchev–Trinajstić information content (AvgIpc) is 2.51. The van der Waals surface area contributed by atoms with Crippen LogP contribution in [-0.4, -0.2) is 6.54 Å². The molecule has 2 heteroatoms. The molecule has 0 radical (unpaired) electrons. The quantitative estimate of drug-likeness (QED) is 0.689.